The van der Waals surface area contributed by atoms with Gasteiger partial charge in [0.15, 0.2) is 0 Å². The second kappa shape index (κ2) is 8.68. The number of carbonyl (C=O) groups is 1. The highest BCUT2D eigenvalue weighted by Crippen LogP contribution is 2.29. The van der Waals surface area contributed by atoms with Crippen LogP contribution in [-0.4, -0.2) is 61.6 Å². The summed E-state index contributed by atoms with van der Waals surface area (Å²) in [4.78, 5) is 16.8. The highest BCUT2D eigenvalue weighted by molar-refractivity contribution is 5.69. The maximum Gasteiger partial charge on any atom is 0.305 e. The van der Waals surface area contributed by atoms with Crippen LogP contribution in [0.25, 0.3) is 0 Å². The Morgan fingerprint density at radius 2 is 2.00 bits per heavy atom. The van der Waals surface area contributed by atoms with E-state index in [9.17, 15) is 4.79 Å². The largest absolute Gasteiger partial charge is 0.469 e. The maximum atomic E-state index is 11.5. The Labute approximate surface area is 135 Å². The molecule has 2 saturated heterocycles. The van der Waals surface area contributed by atoms with Gasteiger partial charge in [0.2, 0.25) is 0 Å². The van der Waals surface area contributed by atoms with E-state index >= 15 is 0 Å². The van der Waals surface area contributed by atoms with E-state index in [2.05, 4.69) is 29.7 Å². The Hall–Kier alpha value is -0.870. The second-order valence-electron chi connectivity index (χ2n) is 6.84. The van der Waals surface area contributed by atoms with Gasteiger partial charge in [0.1, 0.15) is 0 Å². The van der Waals surface area contributed by atoms with E-state index in [1.807, 2.05) is 0 Å². The molecule has 0 saturated carbocycles. The molecular weight excluding hydrogens is 276 g/mol. The topological polar surface area (TPSA) is 32.8 Å². The normalized spacial score (nSPS) is 28.0. The molecule has 2 atom stereocenters. The minimum absolute atomic E-state index is 0.0677. The molecule has 0 aromatic carbocycles. The number of methoxy groups -OCH3 is 1. The van der Waals surface area contributed by atoms with E-state index < -0.39 is 0 Å². The average Bonchev–Trinajstić information content (AvgIpc) is 3.06. The lowest BCUT2D eigenvalue weighted by Crippen LogP contribution is -2.50. The summed E-state index contributed by atoms with van der Waals surface area (Å²) in [5.41, 5.74) is 1.44. The molecule has 0 aromatic heterocycles. The minimum Gasteiger partial charge on any atom is -0.469 e. The summed E-state index contributed by atoms with van der Waals surface area (Å²) in [5, 5.41) is 0. The number of hydrogen-bond donors (Lipinski definition) is 0. The molecule has 0 radical (unpaired) electrons. The van der Waals surface area contributed by atoms with E-state index in [1.54, 1.807) is 0 Å². The first-order valence-electron chi connectivity index (χ1n) is 8.79. The van der Waals surface area contributed by atoms with Crippen molar-refractivity contribution in [3.63, 3.8) is 0 Å². The number of likely N-dealkylation sites (tertiary alicyclic amines) is 2. The Morgan fingerprint density at radius 1 is 1.27 bits per heavy atom. The molecule has 2 rings (SSSR count). The smallest absolute Gasteiger partial charge is 0.305 e. The summed E-state index contributed by atoms with van der Waals surface area (Å²) in [7, 11) is 1.49. The van der Waals surface area contributed by atoms with Crippen LogP contribution in [0.5, 0.6) is 0 Å². The van der Waals surface area contributed by atoms with Crippen molar-refractivity contribution in [1.29, 1.82) is 0 Å². The maximum absolute atomic E-state index is 11.5. The molecule has 126 valence electrons. The molecule has 0 bridgehead atoms. The van der Waals surface area contributed by atoms with Gasteiger partial charge in [-0.2, -0.15) is 0 Å². The van der Waals surface area contributed by atoms with Crippen molar-refractivity contribution in [3.05, 3.63) is 11.6 Å². The van der Waals surface area contributed by atoms with E-state index in [0.29, 0.717) is 18.4 Å². The molecule has 0 amide bonds. The monoisotopic (exact) mass is 308 g/mol. The quantitative estimate of drug-likeness (QED) is 0.558. The molecule has 2 fully saturated rings. The zero-order valence-corrected chi connectivity index (χ0v) is 14.5. The van der Waals surface area contributed by atoms with Crippen LogP contribution < -0.4 is 0 Å². The molecule has 0 aliphatic carbocycles. The molecule has 2 aliphatic heterocycles. The van der Waals surface area contributed by atoms with Gasteiger partial charge in [-0.05, 0) is 65.1 Å². The first kappa shape index (κ1) is 17.5. The third-order valence-electron chi connectivity index (χ3n) is 5.30. The van der Waals surface area contributed by atoms with Gasteiger partial charge in [-0.15, -0.1) is 0 Å². The van der Waals surface area contributed by atoms with Crippen molar-refractivity contribution in [1.82, 2.24) is 9.80 Å². The van der Waals surface area contributed by atoms with Gasteiger partial charge >= 0.3 is 5.97 Å². The van der Waals surface area contributed by atoms with E-state index in [4.69, 9.17) is 4.74 Å². The standard InChI is InChI=1S/C18H32N2O2/c1-4-15(2)13-19-12-9-17(20-10-5-6-11-20)16(14-19)7-8-18(21)22-3/h4,16-17H,5-14H2,1-3H3/t16-,17+/m0/s1. The van der Waals surface area contributed by atoms with Crippen LogP contribution in [0.3, 0.4) is 0 Å². The van der Waals surface area contributed by atoms with Gasteiger partial charge in [0.25, 0.3) is 0 Å². The van der Waals surface area contributed by atoms with Crippen molar-refractivity contribution in [3.8, 4) is 0 Å². The Balaban J connectivity index is 1.95. The van der Waals surface area contributed by atoms with Crippen LogP contribution in [0.15, 0.2) is 11.6 Å². The third kappa shape index (κ3) is 4.82. The minimum atomic E-state index is -0.0677. The molecule has 2 heterocycles. The Kier molecular flexibility index (Phi) is 6.90. The highest BCUT2D eigenvalue weighted by Gasteiger charge is 2.34. The molecule has 0 N–H and O–H groups in total. The van der Waals surface area contributed by atoms with Crippen LogP contribution in [0.4, 0.5) is 0 Å². The SMILES string of the molecule is CC=C(C)CN1CC[C@@H](N2CCCC2)[C@@H](CCC(=O)OC)C1. The van der Waals surface area contributed by atoms with Gasteiger partial charge in [-0.25, -0.2) is 0 Å². The summed E-state index contributed by atoms with van der Waals surface area (Å²) in [6, 6.07) is 0.661. The Morgan fingerprint density at radius 3 is 2.64 bits per heavy atom. The second-order valence-corrected chi connectivity index (χ2v) is 6.84. The van der Waals surface area contributed by atoms with Crippen molar-refractivity contribution < 1.29 is 9.53 Å². The molecule has 0 spiro atoms. The first-order valence-corrected chi connectivity index (χ1v) is 8.79. The number of carbonyl (C=O) groups excluding carboxylic acids is 1. The van der Waals surface area contributed by atoms with Crippen LogP contribution in [0, 0.1) is 5.92 Å². The predicted molar refractivity (Wildman–Crippen MR) is 89.8 cm³/mol. The van der Waals surface area contributed by atoms with Gasteiger partial charge in [-0.3, -0.25) is 9.69 Å². The van der Waals surface area contributed by atoms with E-state index in [1.165, 1.54) is 51.6 Å². The summed E-state index contributed by atoms with van der Waals surface area (Å²) >= 11 is 0. The van der Waals surface area contributed by atoms with E-state index in [-0.39, 0.29) is 5.97 Å². The van der Waals surface area contributed by atoms with Crippen molar-refractivity contribution in [2.24, 2.45) is 5.92 Å². The number of hydrogen-bond acceptors (Lipinski definition) is 4. The molecule has 4 nitrogen and oxygen atoms in total. The van der Waals surface area contributed by atoms with Gasteiger partial charge < -0.3 is 9.64 Å². The highest BCUT2D eigenvalue weighted by atomic mass is 16.5. The van der Waals surface area contributed by atoms with E-state index in [0.717, 1.165) is 19.5 Å². The number of esters is 1. The molecule has 4 heteroatoms. The third-order valence-corrected chi connectivity index (χ3v) is 5.30. The molecule has 2 aliphatic rings. The first-order chi connectivity index (χ1) is 10.6. The lowest BCUT2D eigenvalue weighted by atomic mass is 9.87. The van der Waals surface area contributed by atoms with Gasteiger partial charge in [0, 0.05) is 25.6 Å². The molecule has 22 heavy (non-hydrogen) atoms. The average molecular weight is 308 g/mol. The van der Waals surface area contributed by atoms with Crippen LogP contribution in [0.2, 0.25) is 0 Å². The lowest BCUT2D eigenvalue weighted by Gasteiger charge is -2.43. The molecular formula is C18H32N2O2. The summed E-state index contributed by atoms with van der Waals surface area (Å²) in [6.07, 6.45) is 7.63. The fourth-order valence-corrected chi connectivity index (χ4v) is 3.93. The zero-order valence-electron chi connectivity index (χ0n) is 14.5. The molecule has 0 aromatic rings. The number of piperidine rings is 1. The summed E-state index contributed by atoms with van der Waals surface area (Å²) < 4.78 is 4.84. The van der Waals surface area contributed by atoms with Gasteiger partial charge in [0.05, 0.1) is 7.11 Å². The lowest BCUT2D eigenvalue weighted by molar-refractivity contribution is -0.141. The van der Waals surface area contributed by atoms with Crippen LogP contribution in [-0.2, 0) is 9.53 Å². The van der Waals surface area contributed by atoms with Crippen molar-refractivity contribution in [2.75, 3.05) is 39.8 Å². The van der Waals surface area contributed by atoms with Crippen molar-refractivity contribution >= 4 is 5.97 Å². The Bertz CT molecular complexity index is 389. The summed E-state index contributed by atoms with van der Waals surface area (Å²) in [5.74, 6) is 0.525. The fraction of sp³-hybridized carbons (Fsp3) is 0.833. The predicted octanol–water partition coefficient (Wildman–Crippen LogP) is 2.69. The van der Waals surface area contributed by atoms with Crippen LogP contribution in [0.1, 0.15) is 46.0 Å². The van der Waals surface area contributed by atoms with Gasteiger partial charge in [-0.1, -0.05) is 11.6 Å². The zero-order chi connectivity index (χ0) is 15.9. The number of ether oxygens (including phenoxy) is 1. The van der Waals surface area contributed by atoms with Crippen LogP contribution >= 0.6 is 0 Å². The number of rotatable bonds is 6. The number of allylic oxidation sites excluding steroid dienone is 1. The van der Waals surface area contributed by atoms with Crippen molar-refractivity contribution in [2.45, 2.75) is 52.0 Å². The number of nitrogens with zero attached hydrogens (tertiary/aromatic N) is 2. The fourth-order valence-electron chi connectivity index (χ4n) is 3.93. The molecule has 0 unspecified atom stereocenters. The summed E-state index contributed by atoms with van der Waals surface area (Å²) in [6.45, 7) is 10.2.